The number of phenolic OH excluding ortho intramolecular Hbond substituents is 2. The Labute approximate surface area is 253 Å². The van der Waals surface area contributed by atoms with Crippen LogP contribution in [-0.4, -0.2) is 42.6 Å². The molecule has 230 valence electrons. The summed E-state index contributed by atoms with van der Waals surface area (Å²) >= 11 is 0. The fourth-order valence-corrected chi connectivity index (χ4v) is 9.24. The lowest BCUT2D eigenvalue weighted by Crippen LogP contribution is -2.60. The number of benzene rings is 2. The Morgan fingerprint density at radius 2 is 1.55 bits per heavy atom. The monoisotopic (exact) mass is 592 g/mol. The van der Waals surface area contributed by atoms with E-state index in [4.69, 9.17) is 4.43 Å². The van der Waals surface area contributed by atoms with Gasteiger partial charge >= 0.3 is 0 Å². The Morgan fingerprint density at radius 3 is 2.12 bits per heavy atom. The molecular formula is C35H52N2O4Si. The highest BCUT2D eigenvalue weighted by atomic mass is 28.4. The van der Waals surface area contributed by atoms with Gasteiger partial charge in [0, 0.05) is 24.2 Å². The van der Waals surface area contributed by atoms with Crippen molar-refractivity contribution in [1.29, 1.82) is 0 Å². The molecule has 2 aromatic rings. The van der Waals surface area contributed by atoms with Gasteiger partial charge in [-0.15, -0.1) is 0 Å². The second kappa shape index (κ2) is 12.0. The van der Waals surface area contributed by atoms with Gasteiger partial charge in [-0.2, -0.15) is 0 Å². The van der Waals surface area contributed by atoms with Gasteiger partial charge in [0.25, 0.3) is 0 Å². The van der Waals surface area contributed by atoms with Crippen LogP contribution in [0, 0.1) is 17.8 Å². The van der Waals surface area contributed by atoms with E-state index in [1.54, 1.807) is 12.1 Å². The van der Waals surface area contributed by atoms with Crippen LogP contribution in [0.2, 0.25) is 18.1 Å². The zero-order chi connectivity index (χ0) is 30.3. The lowest BCUT2D eigenvalue weighted by molar-refractivity contribution is -0.126. The summed E-state index contributed by atoms with van der Waals surface area (Å²) in [6.45, 7) is 13.8. The summed E-state index contributed by atoms with van der Waals surface area (Å²) in [4.78, 5) is 13.2. The van der Waals surface area contributed by atoms with Gasteiger partial charge in [-0.1, -0.05) is 45.0 Å². The van der Waals surface area contributed by atoms with E-state index in [2.05, 4.69) is 75.7 Å². The van der Waals surface area contributed by atoms with Crippen LogP contribution in [0.25, 0.3) is 0 Å². The van der Waals surface area contributed by atoms with Crippen LogP contribution in [-0.2, 0) is 22.1 Å². The molecule has 4 saturated carbocycles. The molecule has 4 aliphatic carbocycles. The van der Waals surface area contributed by atoms with Crippen LogP contribution in [0.1, 0.15) is 89.0 Å². The van der Waals surface area contributed by atoms with E-state index in [-0.39, 0.29) is 40.1 Å². The number of amides is 1. The molecule has 0 radical (unpaired) electrons. The molecule has 0 unspecified atom stereocenters. The van der Waals surface area contributed by atoms with Crippen molar-refractivity contribution in [3.05, 3.63) is 59.2 Å². The molecule has 4 bridgehead atoms. The van der Waals surface area contributed by atoms with Crippen molar-refractivity contribution in [2.24, 2.45) is 17.8 Å². The molecule has 0 spiro atoms. The van der Waals surface area contributed by atoms with Crippen molar-refractivity contribution < 1.29 is 19.4 Å². The maximum atomic E-state index is 13.2. The maximum Gasteiger partial charge on any atom is 0.224 e. The van der Waals surface area contributed by atoms with Gasteiger partial charge in [0.1, 0.15) is 11.5 Å². The van der Waals surface area contributed by atoms with Gasteiger partial charge in [0.2, 0.25) is 5.91 Å². The molecule has 7 heteroatoms. The smallest absolute Gasteiger partial charge is 0.224 e. The normalized spacial score (nSPS) is 26.7. The van der Waals surface area contributed by atoms with Crippen molar-refractivity contribution in [2.45, 2.75) is 115 Å². The Hall–Kier alpha value is -2.35. The van der Waals surface area contributed by atoms with Crippen LogP contribution in [0.4, 0.5) is 0 Å². The van der Waals surface area contributed by atoms with E-state index in [1.807, 2.05) is 0 Å². The van der Waals surface area contributed by atoms with E-state index in [1.165, 1.54) is 50.2 Å². The van der Waals surface area contributed by atoms with Gasteiger partial charge in [-0.3, -0.25) is 4.79 Å². The molecule has 2 atom stereocenters. The SMILES string of the molecule is C[C@H](Cc1cccc(CC(=O)NC23CC4CC(CC(C4)C2)C3)c1)NC[C@H](O[Si](C)(C)C(C)(C)C)c1cc(O)cc(O)c1. The first-order valence-electron chi connectivity index (χ1n) is 16.0. The standard InChI is InChI=1S/C35H52N2O4Si/c1-23(36-22-32(41-42(5,6)34(2,3)4)29-16-30(38)18-31(39)17-29)10-24-8-7-9-25(11-24)15-33(40)37-35-19-26-12-27(20-35)14-28(13-26)21-35/h7-9,11,16-18,23,26-28,32,36,38-39H,10,12-15,19-22H2,1-6H3,(H,37,40)/t23-,26?,27?,28?,32+,35?/m1/s1. The zero-order valence-electron chi connectivity index (χ0n) is 26.5. The van der Waals surface area contributed by atoms with E-state index >= 15 is 0 Å². The quantitative estimate of drug-likeness (QED) is 0.211. The lowest BCUT2D eigenvalue weighted by Gasteiger charge is -2.56. The summed E-state index contributed by atoms with van der Waals surface area (Å²) in [6, 6.07) is 13.3. The number of carbonyl (C=O) groups excluding carboxylic acids is 1. The van der Waals surface area contributed by atoms with Gasteiger partial charge in [0.15, 0.2) is 8.32 Å². The van der Waals surface area contributed by atoms with E-state index in [0.717, 1.165) is 35.3 Å². The molecule has 0 aromatic heterocycles. The first kappa shape index (κ1) is 31.1. The number of carbonyl (C=O) groups is 1. The van der Waals surface area contributed by atoms with Gasteiger partial charge in [0.05, 0.1) is 12.5 Å². The summed E-state index contributed by atoms with van der Waals surface area (Å²) < 4.78 is 6.77. The third-order valence-corrected chi connectivity index (χ3v) is 15.0. The molecule has 6 nitrogen and oxygen atoms in total. The third-order valence-electron chi connectivity index (χ3n) is 10.5. The number of hydrogen-bond acceptors (Lipinski definition) is 5. The number of aromatic hydroxyl groups is 2. The summed E-state index contributed by atoms with van der Waals surface area (Å²) in [5.74, 6) is 2.69. The van der Waals surface area contributed by atoms with Crippen LogP contribution in [0.3, 0.4) is 0 Å². The number of rotatable bonds is 11. The Morgan fingerprint density at radius 1 is 0.976 bits per heavy atom. The molecule has 1 amide bonds. The molecule has 0 heterocycles. The number of hydrogen-bond donors (Lipinski definition) is 4. The van der Waals surface area contributed by atoms with Crippen molar-refractivity contribution in [3.63, 3.8) is 0 Å². The average molecular weight is 593 g/mol. The van der Waals surface area contributed by atoms with E-state index in [9.17, 15) is 15.0 Å². The van der Waals surface area contributed by atoms with Crippen molar-refractivity contribution in [3.8, 4) is 11.5 Å². The molecule has 42 heavy (non-hydrogen) atoms. The zero-order valence-corrected chi connectivity index (χ0v) is 27.5. The predicted molar refractivity (Wildman–Crippen MR) is 171 cm³/mol. The first-order valence-corrected chi connectivity index (χ1v) is 18.9. The molecule has 6 rings (SSSR count). The van der Waals surface area contributed by atoms with Crippen molar-refractivity contribution >= 4 is 14.2 Å². The Bertz CT molecular complexity index is 1210. The Kier molecular flexibility index (Phi) is 8.86. The van der Waals surface area contributed by atoms with Crippen LogP contribution in [0.15, 0.2) is 42.5 Å². The highest BCUT2D eigenvalue weighted by Crippen LogP contribution is 2.55. The fourth-order valence-electron chi connectivity index (χ4n) is 7.95. The number of phenols is 2. The maximum absolute atomic E-state index is 13.2. The van der Waals surface area contributed by atoms with Gasteiger partial charge in [-0.05, 0) is 117 Å². The molecule has 2 aromatic carbocycles. The highest BCUT2D eigenvalue weighted by Gasteiger charge is 2.51. The minimum Gasteiger partial charge on any atom is -0.508 e. The highest BCUT2D eigenvalue weighted by molar-refractivity contribution is 6.74. The average Bonchev–Trinajstić information content (AvgIpc) is 2.84. The molecular weight excluding hydrogens is 540 g/mol. The van der Waals surface area contributed by atoms with Crippen LogP contribution < -0.4 is 10.6 Å². The molecule has 0 aliphatic heterocycles. The minimum atomic E-state index is -2.12. The third kappa shape index (κ3) is 7.40. The minimum absolute atomic E-state index is 0.0259. The summed E-state index contributed by atoms with van der Waals surface area (Å²) in [7, 11) is -2.12. The fraction of sp³-hybridized carbons (Fsp3) is 0.629. The summed E-state index contributed by atoms with van der Waals surface area (Å²) in [6.07, 6.45) is 8.62. The van der Waals surface area contributed by atoms with Crippen molar-refractivity contribution in [2.75, 3.05) is 6.54 Å². The largest absolute Gasteiger partial charge is 0.508 e. The number of nitrogens with one attached hydrogen (secondary N) is 2. The topological polar surface area (TPSA) is 90.8 Å². The van der Waals surface area contributed by atoms with Gasteiger partial charge < -0.3 is 25.3 Å². The van der Waals surface area contributed by atoms with E-state index < -0.39 is 8.32 Å². The second-order valence-corrected chi connectivity index (χ2v) is 20.2. The van der Waals surface area contributed by atoms with Crippen LogP contribution >= 0.6 is 0 Å². The first-order chi connectivity index (χ1) is 19.7. The summed E-state index contributed by atoms with van der Waals surface area (Å²) in [5.41, 5.74) is 3.09. The Balaban J connectivity index is 1.19. The molecule has 0 saturated heterocycles. The predicted octanol–water partition coefficient (Wildman–Crippen LogP) is 7.01. The molecule has 4 aliphatic rings. The van der Waals surface area contributed by atoms with Crippen molar-refractivity contribution in [1.82, 2.24) is 10.6 Å². The van der Waals surface area contributed by atoms with Crippen LogP contribution in [0.5, 0.6) is 11.5 Å². The second-order valence-electron chi connectivity index (χ2n) is 15.4. The summed E-state index contributed by atoms with van der Waals surface area (Å²) in [5, 5.41) is 27.5. The lowest BCUT2D eigenvalue weighted by atomic mass is 9.53. The van der Waals surface area contributed by atoms with E-state index in [0.29, 0.717) is 13.0 Å². The molecule has 4 N–H and O–H groups in total. The van der Waals surface area contributed by atoms with Gasteiger partial charge in [-0.25, -0.2) is 0 Å². The molecule has 4 fully saturated rings.